The second-order valence-corrected chi connectivity index (χ2v) is 10.0. The number of aryl methyl sites for hydroxylation is 1. The van der Waals surface area contributed by atoms with Gasteiger partial charge in [-0.1, -0.05) is 0 Å². The molecule has 1 amide bonds. The SMILES string of the molecule is [C-]#[N+]C1CCC(NC(=O)c2cn3c4cc(ncc24)Nc2ccnc(n2)-c2cnn(C)c2OCCC3C)CC1. The number of fused-ring (bicyclic) bond motifs is 5. The molecule has 1 atom stereocenters. The van der Waals surface area contributed by atoms with Crippen molar-refractivity contribution in [1.29, 1.82) is 0 Å². The van der Waals surface area contributed by atoms with E-state index in [1.165, 1.54) is 0 Å². The van der Waals surface area contributed by atoms with Crippen molar-refractivity contribution in [2.24, 2.45) is 7.05 Å². The predicted octanol–water partition coefficient (Wildman–Crippen LogP) is 4.27. The molecule has 1 unspecified atom stereocenters. The first-order chi connectivity index (χ1) is 18.5. The lowest BCUT2D eigenvalue weighted by atomic mass is 9.91. The summed E-state index contributed by atoms with van der Waals surface area (Å²) in [4.78, 5) is 30.8. The van der Waals surface area contributed by atoms with Crippen molar-refractivity contribution < 1.29 is 9.53 Å². The molecule has 5 heterocycles. The third-order valence-corrected chi connectivity index (χ3v) is 7.46. The van der Waals surface area contributed by atoms with E-state index in [0.717, 1.165) is 42.1 Å². The zero-order valence-corrected chi connectivity index (χ0v) is 21.4. The molecule has 0 saturated heterocycles. The molecule has 6 rings (SSSR count). The number of nitrogens with zero attached hydrogens (tertiary/aromatic N) is 7. The fraction of sp³-hybridized carbons (Fsp3) is 0.407. The second-order valence-electron chi connectivity index (χ2n) is 10.0. The summed E-state index contributed by atoms with van der Waals surface area (Å²) in [6.45, 7) is 9.83. The van der Waals surface area contributed by atoms with E-state index < -0.39 is 0 Å². The Morgan fingerprint density at radius 3 is 2.84 bits per heavy atom. The van der Waals surface area contributed by atoms with Crippen LogP contribution >= 0.6 is 0 Å². The van der Waals surface area contributed by atoms with E-state index in [4.69, 9.17) is 11.3 Å². The van der Waals surface area contributed by atoms with Crippen LogP contribution in [0, 0.1) is 6.57 Å². The van der Waals surface area contributed by atoms with Crippen LogP contribution in [0.4, 0.5) is 11.6 Å². The number of hydrogen-bond donors (Lipinski definition) is 2. The molecule has 4 aromatic rings. The largest absolute Gasteiger partial charge is 0.477 e. The number of carbonyl (C=O) groups excluding carboxylic acids is 1. The van der Waals surface area contributed by atoms with Crippen molar-refractivity contribution in [3.05, 3.63) is 53.9 Å². The van der Waals surface area contributed by atoms with Crippen LogP contribution in [-0.4, -0.2) is 53.9 Å². The number of amides is 1. The topological polar surface area (TPSA) is 116 Å². The first-order valence-electron chi connectivity index (χ1n) is 12.9. The minimum atomic E-state index is -0.108. The van der Waals surface area contributed by atoms with Gasteiger partial charge in [-0.3, -0.25) is 4.79 Å². The third kappa shape index (κ3) is 4.42. The summed E-state index contributed by atoms with van der Waals surface area (Å²) in [5.74, 6) is 2.22. The van der Waals surface area contributed by atoms with E-state index in [-0.39, 0.29) is 24.0 Å². The van der Waals surface area contributed by atoms with E-state index in [1.807, 2.05) is 19.3 Å². The van der Waals surface area contributed by atoms with Gasteiger partial charge in [0.15, 0.2) is 5.82 Å². The molecule has 1 aliphatic carbocycles. The standard InChI is InChI=1S/C27H29N9O2/c1-16-9-11-38-27-20(14-31-35(27)3)25-29-10-8-23(34-25)33-24-12-22-19(13-30-24)21(15-36(16)22)26(37)32-18-6-4-17(28-2)5-7-18/h8,10,12-18H,4-7,9,11H2,1,3H3,(H,32,37)(H,29,30,33,34). The van der Waals surface area contributed by atoms with E-state index in [1.54, 1.807) is 29.3 Å². The number of pyridine rings is 1. The van der Waals surface area contributed by atoms with Crippen LogP contribution in [0.2, 0.25) is 0 Å². The lowest BCUT2D eigenvalue weighted by Crippen LogP contribution is -2.38. The molecule has 194 valence electrons. The predicted molar refractivity (Wildman–Crippen MR) is 142 cm³/mol. The van der Waals surface area contributed by atoms with Crippen molar-refractivity contribution >= 4 is 28.4 Å². The van der Waals surface area contributed by atoms with Gasteiger partial charge in [0, 0.05) is 68.4 Å². The average Bonchev–Trinajstić information content (AvgIpc) is 3.49. The van der Waals surface area contributed by atoms with Gasteiger partial charge in [0.05, 0.1) is 23.9 Å². The monoisotopic (exact) mass is 511 g/mol. The van der Waals surface area contributed by atoms with E-state index in [2.05, 4.69) is 47.0 Å². The number of carbonyl (C=O) groups is 1. The summed E-state index contributed by atoms with van der Waals surface area (Å²) in [5.41, 5.74) is 2.22. The number of ether oxygens (including phenoxy) is 1. The Bertz CT molecular complexity index is 1540. The Balaban J connectivity index is 1.35. The van der Waals surface area contributed by atoms with Crippen molar-refractivity contribution in [2.75, 3.05) is 11.9 Å². The zero-order valence-electron chi connectivity index (χ0n) is 21.4. The van der Waals surface area contributed by atoms with Gasteiger partial charge in [-0.25, -0.2) is 26.2 Å². The Labute approximate surface area is 220 Å². The van der Waals surface area contributed by atoms with E-state index in [0.29, 0.717) is 41.9 Å². The number of nitrogens with one attached hydrogen (secondary N) is 2. The highest BCUT2D eigenvalue weighted by Gasteiger charge is 2.27. The van der Waals surface area contributed by atoms with Crippen LogP contribution in [-0.2, 0) is 7.05 Å². The summed E-state index contributed by atoms with van der Waals surface area (Å²) in [5, 5.41) is 11.6. The molecular weight excluding hydrogens is 482 g/mol. The van der Waals surface area contributed by atoms with Crippen LogP contribution in [0.15, 0.2) is 36.9 Å². The fourth-order valence-corrected chi connectivity index (χ4v) is 5.28. The molecule has 0 spiro atoms. The highest BCUT2D eigenvalue weighted by Crippen LogP contribution is 2.32. The minimum Gasteiger partial charge on any atom is -0.477 e. The molecule has 2 aliphatic rings. The lowest BCUT2D eigenvalue weighted by molar-refractivity contribution is 0.0928. The molecule has 1 saturated carbocycles. The molecule has 38 heavy (non-hydrogen) atoms. The van der Waals surface area contributed by atoms with Gasteiger partial charge >= 0.3 is 0 Å². The molecule has 1 fully saturated rings. The van der Waals surface area contributed by atoms with Gasteiger partial charge in [-0.15, -0.1) is 0 Å². The van der Waals surface area contributed by atoms with E-state index >= 15 is 0 Å². The molecular formula is C27H29N9O2. The average molecular weight is 512 g/mol. The summed E-state index contributed by atoms with van der Waals surface area (Å²) in [6, 6.07) is 3.94. The molecule has 4 bridgehead atoms. The highest BCUT2D eigenvalue weighted by atomic mass is 16.5. The van der Waals surface area contributed by atoms with Crippen LogP contribution in [0.3, 0.4) is 0 Å². The van der Waals surface area contributed by atoms with Gasteiger partial charge < -0.3 is 24.8 Å². The maximum absolute atomic E-state index is 13.4. The minimum absolute atomic E-state index is 0.0529. The Morgan fingerprint density at radius 1 is 1.18 bits per heavy atom. The Morgan fingerprint density at radius 2 is 2.03 bits per heavy atom. The number of anilines is 2. The normalized spacial score (nSPS) is 21.0. The quantitative estimate of drug-likeness (QED) is 0.386. The third-order valence-electron chi connectivity index (χ3n) is 7.46. The van der Waals surface area contributed by atoms with Gasteiger partial charge in [0.2, 0.25) is 11.9 Å². The first kappa shape index (κ1) is 23.9. The van der Waals surface area contributed by atoms with Crippen molar-refractivity contribution in [3.63, 3.8) is 0 Å². The maximum Gasteiger partial charge on any atom is 0.253 e. The Kier molecular flexibility index (Phi) is 6.15. The molecule has 11 nitrogen and oxygen atoms in total. The van der Waals surface area contributed by atoms with Crippen molar-refractivity contribution in [2.45, 2.75) is 57.2 Å². The second kappa shape index (κ2) is 9.78. The summed E-state index contributed by atoms with van der Waals surface area (Å²) in [7, 11) is 1.83. The smallest absolute Gasteiger partial charge is 0.253 e. The van der Waals surface area contributed by atoms with Crippen LogP contribution in [0.5, 0.6) is 5.88 Å². The van der Waals surface area contributed by atoms with Crippen LogP contribution in [0.1, 0.15) is 55.4 Å². The summed E-state index contributed by atoms with van der Waals surface area (Å²) < 4.78 is 9.97. The van der Waals surface area contributed by atoms with Gasteiger partial charge in [0.25, 0.3) is 5.91 Å². The summed E-state index contributed by atoms with van der Waals surface area (Å²) >= 11 is 0. The molecule has 2 N–H and O–H groups in total. The van der Waals surface area contributed by atoms with Gasteiger partial charge in [-0.05, 0) is 25.8 Å². The van der Waals surface area contributed by atoms with Gasteiger partial charge in [-0.2, -0.15) is 5.10 Å². The maximum atomic E-state index is 13.4. The van der Waals surface area contributed by atoms with E-state index in [9.17, 15) is 4.79 Å². The zero-order chi connectivity index (χ0) is 26.2. The van der Waals surface area contributed by atoms with Crippen molar-refractivity contribution in [1.82, 2.24) is 34.6 Å². The number of hydrogen-bond acceptors (Lipinski definition) is 7. The molecule has 11 heteroatoms. The molecule has 4 aromatic heterocycles. The summed E-state index contributed by atoms with van der Waals surface area (Å²) in [6.07, 6.45) is 11.1. The number of aromatic nitrogens is 6. The molecule has 1 aliphatic heterocycles. The molecule has 0 radical (unpaired) electrons. The lowest BCUT2D eigenvalue weighted by Gasteiger charge is -2.23. The highest BCUT2D eigenvalue weighted by molar-refractivity contribution is 6.07. The van der Waals surface area contributed by atoms with Crippen LogP contribution in [0.25, 0.3) is 27.1 Å². The first-order valence-corrected chi connectivity index (χ1v) is 12.9. The molecule has 0 aromatic carbocycles. The van der Waals surface area contributed by atoms with Crippen molar-refractivity contribution in [3.8, 4) is 17.3 Å². The van der Waals surface area contributed by atoms with Gasteiger partial charge in [0.1, 0.15) is 17.2 Å². The van der Waals surface area contributed by atoms with Crippen LogP contribution < -0.4 is 15.4 Å². The fourth-order valence-electron chi connectivity index (χ4n) is 5.28. The Hall–Kier alpha value is -4.46. The number of rotatable bonds is 2.